The van der Waals surface area contributed by atoms with Crippen LogP contribution in [0.2, 0.25) is 0 Å². The second-order valence-corrected chi connectivity index (χ2v) is 6.62. The second-order valence-electron chi connectivity index (χ2n) is 6.62. The molecule has 124 valence electrons. The van der Waals surface area contributed by atoms with Crippen LogP contribution >= 0.6 is 0 Å². The third kappa shape index (κ3) is 3.29. The van der Waals surface area contributed by atoms with Gasteiger partial charge < -0.3 is 9.32 Å². The lowest BCUT2D eigenvalue weighted by molar-refractivity contribution is 0.214. The van der Waals surface area contributed by atoms with E-state index >= 15 is 0 Å². The molecule has 1 saturated heterocycles. The Bertz CT molecular complexity index is 858. The number of likely N-dealkylation sites (tertiary alicyclic amines) is 1. The van der Waals surface area contributed by atoms with Crippen molar-refractivity contribution >= 4 is 11.1 Å². The third-order valence-corrected chi connectivity index (χ3v) is 5.06. The highest BCUT2D eigenvalue weighted by Crippen LogP contribution is 2.27. The first-order valence-corrected chi connectivity index (χ1v) is 8.67. The number of aromatic nitrogens is 1. The number of hydrogen-bond acceptors (Lipinski definition) is 3. The van der Waals surface area contributed by atoms with Gasteiger partial charge in [-0.25, -0.2) is 4.79 Å². The van der Waals surface area contributed by atoms with Gasteiger partial charge in [-0.2, -0.15) is 0 Å². The van der Waals surface area contributed by atoms with Crippen molar-refractivity contribution in [1.82, 2.24) is 9.88 Å². The molecule has 0 aliphatic carbocycles. The van der Waals surface area contributed by atoms with Crippen LogP contribution in [0.3, 0.4) is 0 Å². The highest BCUT2D eigenvalue weighted by Gasteiger charge is 2.20. The Morgan fingerprint density at radius 3 is 2.67 bits per heavy atom. The van der Waals surface area contributed by atoms with Crippen molar-refractivity contribution < 1.29 is 4.42 Å². The average molecular weight is 322 g/mol. The van der Waals surface area contributed by atoms with E-state index in [1.807, 2.05) is 12.1 Å². The van der Waals surface area contributed by atoms with Crippen molar-refractivity contribution in [2.75, 3.05) is 19.6 Å². The summed E-state index contributed by atoms with van der Waals surface area (Å²) in [7, 11) is 0. The van der Waals surface area contributed by atoms with Crippen LogP contribution in [0.5, 0.6) is 0 Å². The fraction of sp³-hybridized carbons (Fsp3) is 0.350. The van der Waals surface area contributed by atoms with Crippen molar-refractivity contribution in [1.29, 1.82) is 0 Å². The van der Waals surface area contributed by atoms with E-state index in [-0.39, 0.29) is 5.76 Å². The maximum atomic E-state index is 11.2. The van der Waals surface area contributed by atoms with E-state index in [1.165, 1.54) is 24.0 Å². The molecule has 1 N–H and O–H groups in total. The number of rotatable bonds is 4. The number of aromatic amines is 1. The molecule has 1 fully saturated rings. The molecule has 4 heteroatoms. The predicted octanol–water partition coefficient (Wildman–Crippen LogP) is 3.54. The summed E-state index contributed by atoms with van der Waals surface area (Å²) >= 11 is 0. The Labute approximate surface area is 141 Å². The van der Waals surface area contributed by atoms with Crippen molar-refractivity contribution in [2.45, 2.75) is 25.2 Å². The van der Waals surface area contributed by atoms with Crippen molar-refractivity contribution in [3.8, 4) is 0 Å². The molecule has 3 aromatic rings. The standard InChI is InChI=1S/C20H22N2O2/c23-20-21-18-7-6-15(14-19(18)24-20)8-11-22-12-9-17(10-13-22)16-4-2-1-3-5-16/h1-7,14,17H,8-13H2,(H,21,23). The van der Waals surface area contributed by atoms with Crippen molar-refractivity contribution in [2.24, 2.45) is 0 Å². The van der Waals surface area contributed by atoms with Crippen molar-refractivity contribution in [3.05, 3.63) is 70.2 Å². The number of nitrogens with zero attached hydrogens (tertiary/aromatic N) is 1. The van der Waals surface area contributed by atoms with Crippen molar-refractivity contribution in [3.63, 3.8) is 0 Å². The van der Waals surface area contributed by atoms with E-state index in [4.69, 9.17) is 4.42 Å². The molecule has 0 atom stereocenters. The Balaban J connectivity index is 1.32. The van der Waals surface area contributed by atoms with Gasteiger partial charge in [0.15, 0.2) is 5.58 Å². The summed E-state index contributed by atoms with van der Waals surface area (Å²) in [6.45, 7) is 3.36. The topological polar surface area (TPSA) is 49.2 Å². The monoisotopic (exact) mass is 322 g/mol. The number of nitrogens with one attached hydrogen (secondary N) is 1. The summed E-state index contributed by atoms with van der Waals surface area (Å²) in [4.78, 5) is 16.4. The molecule has 4 nitrogen and oxygen atoms in total. The minimum atomic E-state index is -0.384. The summed E-state index contributed by atoms with van der Waals surface area (Å²) in [6, 6.07) is 16.8. The summed E-state index contributed by atoms with van der Waals surface area (Å²) in [6.07, 6.45) is 3.45. The summed E-state index contributed by atoms with van der Waals surface area (Å²) in [5, 5.41) is 0. The summed E-state index contributed by atoms with van der Waals surface area (Å²) in [5.41, 5.74) is 4.12. The Kier molecular flexibility index (Phi) is 4.22. The fourth-order valence-corrected chi connectivity index (χ4v) is 3.65. The number of piperidine rings is 1. The minimum Gasteiger partial charge on any atom is -0.408 e. The zero-order valence-electron chi connectivity index (χ0n) is 13.7. The molecular weight excluding hydrogens is 300 g/mol. The van der Waals surface area contributed by atoms with Crippen LogP contribution in [-0.2, 0) is 6.42 Å². The van der Waals surface area contributed by atoms with Gasteiger partial charge in [-0.1, -0.05) is 36.4 Å². The van der Waals surface area contributed by atoms with Gasteiger partial charge in [0.1, 0.15) is 0 Å². The molecule has 24 heavy (non-hydrogen) atoms. The van der Waals surface area contributed by atoms with E-state index in [1.54, 1.807) is 0 Å². The first kappa shape index (κ1) is 15.2. The molecule has 0 spiro atoms. The average Bonchev–Trinajstić information content (AvgIpc) is 3.00. The Morgan fingerprint density at radius 1 is 1.08 bits per heavy atom. The van der Waals surface area contributed by atoms with Crippen LogP contribution in [0, 0.1) is 0 Å². The molecule has 0 radical (unpaired) electrons. The largest absolute Gasteiger partial charge is 0.417 e. The number of fused-ring (bicyclic) bond motifs is 1. The van der Waals surface area contributed by atoms with Gasteiger partial charge in [0.25, 0.3) is 0 Å². The van der Waals surface area contributed by atoms with Crippen LogP contribution in [0.25, 0.3) is 11.1 Å². The molecule has 0 amide bonds. The van der Waals surface area contributed by atoms with Crippen LogP contribution in [0.4, 0.5) is 0 Å². The van der Waals surface area contributed by atoms with E-state index in [0.717, 1.165) is 31.6 Å². The lowest BCUT2D eigenvalue weighted by Gasteiger charge is -2.32. The van der Waals surface area contributed by atoms with Gasteiger partial charge in [0.2, 0.25) is 0 Å². The summed E-state index contributed by atoms with van der Waals surface area (Å²) in [5.74, 6) is 0.318. The van der Waals surface area contributed by atoms with Crippen LogP contribution in [0.15, 0.2) is 57.7 Å². The van der Waals surface area contributed by atoms with Gasteiger partial charge in [-0.15, -0.1) is 0 Å². The molecule has 1 aliphatic rings. The molecular formula is C20H22N2O2. The third-order valence-electron chi connectivity index (χ3n) is 5.06. The quantitative estimate of drug-likeness (QED) is 0.799. The van der Waals surface area contributed by atoms with Crippen LogP contribution < -0.4 is 5.76 Å². The maximum absolute atomic E-state index is 11.2. The van der Waals surface area contributed by atoms with Gasteiger partial charge in [0, 0.05) is 6.54 Å². The predicted molar refractivity (Wildman–Crippen MR) is 95.4 cm³/mol. The first-order valence-electron chi connectivity index (χ1n) is 8.67. The molecule has 2 aromatic carbocycles. The van der Waals surface area contributed by atoms with Gasteiger partial charge >= 0.3 is 5.76 Å². The molecule has 1 aliphatic heterocycles. The number of hydrogen-bond donors (Lipinski definition) is 1. The highest BCUT2D eigenvalue weighted by molar-refractivity contribution is 5.72. The Hall–Kier alpha value is -2.33. The molecule has 1 aromatic heterocycles. The zero-order valence-corrected chi connectivity index (χ0v) is 13.7. The molecule has 0 saturated carbocycles. The van der Waals surface area contributed by atoms with Crippen LogP contribution in [0.1, 0.15) is 29.9 Å². The number of benzene rings is 2. The lowest BCUT2D eigenvalue weighted by atomic mass is 9.89. The zero-order chi connectivity index (χ0) is 16.4. The minimum absolute atomic E-state index is 0.384. The molecule has 2 heterocycles. The number of oxazole rings is 1. The van der Waals surface area contributed by atoms with E-state index < -0.39 is 0 Å². The van der Waals surface area contributed by atoms with Gasteiger partial charge in [0.05, 0.1) is 5.52 Å². The highest BCUT2D eigenvalue weighted by atomic mass is 16.4. The maximum Gasteiger partial charge on any atom is 0.417 e. The van der Waals surface area contributed by atoms with E-state index in [0.29, 0.717) is 11.5 Å². The smallest absolute Gasteiger partial charge is 0.408 e. The Morgan fingerprint density at radius 2 is 1.88 bits per heavy atom. The SMILES string of the molecule is O=c1[nH]c2ccc(CCN3CCC(c4ccccc4)CC3)cc2o1. The van der Waals surface area contributed by atoms with Crippen LogP contribution in [-0.4, -0.2) is 29.5 Å². The normalized spacial score (nSPS) is 16.7. The number of H-pyrrole nitrogens is 1. The van der Waals surface area contributed by atoms with E-state index in [9.17, 15) is 4.79 Å². The van der Waals surface area contributed by atoms with Gasteiger partial charge in [-0.05, 0) is 61.5 Å². The summed E-state index contributed by atoms with van der Waals surface area (Å²) < 4.78 is 5.14. The first-order chi connectivity index (χ1) is 11.8. The lowest BCUT2D eigenvalue weighted by Crippen LogP contribution is -2.34. The van der Waals surface area contributed by atoms with E-state index in [2.05, 4.69) is 46.3 Å². The molecule has 4 rings (SSSR count). The molecule has 0 bridgehead atoms. The van der Waals surface area contributed by atoms with Gasteiger partial charge in [-0.3, -0.25) is 4.98 Å². The molecule has 0 unspecified atom stereocenters. The fourth-order valence-electron chi connectivity index (χ4n) is 3.65. The second kappa shape index (κ2) is 6.65.